The van der Waals surface area contributed by atoms with Gasteiger partial charge in [-0.25, -0.2) is 9.67 Å². The van der Waals surface area contributed by atoms with E-state index in [0.717, 1.165) is 5.56 Å². The Labute approximate surface area is 135 Å². The Kier molecular flexibility index (Phi) is 3.79. The zero-order valence-corrected chi connectivity index (χ0v) is 12.5. The van der Waals surface area contributed by atoms with Gasteiger partial charge < -0.3 is 0 Å². The van der Waals surface area contributed by atoms with E-state index in [1.165, 1.54) is 29.2 Å². The van der Waals surface area contributed by atoms with Crippen LogP contribution in [0.2, 0.25) is 10.0 Å². The maximum Gasteiger partial charge on any atom is 0.271 e. The first kappa shape index (κ1) is 14.5. The van der Waals surface area contributed by atoms with Gasteiger partial charge in [0, 0.05) is 22.7 Å². The second kappa shape index (κ2) is 5.75. The molecule has 0 bridgehead atoms. The van der Waals surface area contributed by atoms with Crippen LogP contribution in [0.1, 0.15) is 0 Å². The monoisotopic (exact) mass is 334 g/mol. The summed E-state index contributed by atoms with van der Waals surface area (Å²) in [6.07, 6.45) is 1.35. The molecule has 1 aromatic heterocycles. The van der Waals surface area contributed by atoms with Gasteiger partial charge in [0.2, 0.25) is 0 Å². The number of rotatable bonds is 3. The molecule has 6 nitrogen and oxygen atoms in total. The lowest BCUT2D eigenvalue weighted by Crippen LogP contribution is -2.01. The van der Waals surface area contributed by atoms with Gasteiger partial charge in [-0.2, -0.15) is 5.10 Å². The van der Waals surface area contributed by atoms with Crippen molar-refractivity contribution in [2.45, 2.75) is 0 Å². The van der Waals surface area contributed by atoms with Gasteiger partial charge in [0.05, 0.1) is 15.6 Å². The van der Waals surface area contributed by atoms with Gasteiger partial charge in [0.1, 0.15) is 6.33 Å². The van der Waals surface area contributed by atoms with Crippen LogP contribution in [0.4, 0.5) is 5.69 Å². The van der Waals surface area contributed by atoms with Crippen LogP contribution in [0.15, 0.2) is 48.8 Å². The molecule has 0 aliphatic carbocycles. The molecule has 3 rings (SSSR count). The highest BCUT2D eigenvalue weighted by Gasteiger charge is 2.16. The number of hydrogen-bond donors (Lipinski definition) is 0. The summed E-state index contributed by atoms with van der Waals surface area (Å²) in [4.78, 5) is 14.6. The van der Waals surface area contributed by atoms with Gasteiger partial charge in [-0.1, -0.05) is 35.3 Å². The molecular weight excluding hydrogens is 327 g/mol. The third-order valence-corrected chi connectivity index (χ3v) is 3.55. The number of benzene rings is 2. The summed E-state index contributed by atoms with van der Waals surface area (Å²) < 4.78 is 1.45. The molecule has 0 unspecified atom stereocenters. The zero-order chi connectivity index (χ0) is 15.7. The van der Waals surface area contributed by atoms with Crippen LogP contribution in [0.5, 0.6) is 0 Å². The first-order valence-electron chi connectivity index (χ1n) is 6.16. The molecule has 0 saturated carbocycles. The minimum absolute atomic E-state index is 0.0769. The summed E-state index contributed by atoms with van der Waals surface area (Å²) in [5.41, 5.74) is 1.03. The third kappa shape index (κ3) is 2.66. The summed E-state index contributed by atoms with van der Waals surface area (Å²) in [5.74, 6) is 0.491. The quantitative estimate of drug-likeness (QED) is 0.532. The molecule has 0 spiro atoms. The Morgan fingerprint density at radius 2 is 1.95 bits per heavy atom. The topological polar surface area (TPSA) is 73.8 Å². The lowest BCUT2D eigenvalue weighted by molar-refractivity contribution is -0.384. The second-order valence-electron chi connectivity index (χ2n) is 4.40. The maximum atomic E-state index is 10.9. The molecule has 0 radical (unpaired) electrons. The number of non-ortho nitro benzene ring substituents is 1. The van der Waals surface area contributed by atoms with Gasteiger partial charge in [-0.3, -0.25) is 10.1 Å². The molecule has 0 atom stereocenters. The number of nitro groups is 1. The van der Waals surface area contributed by atoms with Crippen LogP contribution < -0.4 is 0 Å². The normalized spacial score (nSPS) is 10.6. The van der Waals surface area contributed by atoms with Gasteiger partial charge in [-0.05, 0) is 18.2 Å². The average Bonchev–Trinajstić information content (AvgIpc) is 2.96. The minimum Gasteiger partial charge on any atom is -0.258 e. The zero-order valence-electron chi connectivity index (χ0n) is 11.0. The molecular formula is C14H8Cl2N4O2. The SMILES string of the molecule is O=[N+]([O-])c1ccc(Cl)c(-n2ncnc2-c2cccc(Cl)c2)c1. The number of halogens is 2. The number of nitrogens with zero attached hydrogens (tertiary/aromatic N) is 4. The van der Waals surface area contributed by atoms with E-state index in [0.29, 0.717) is 21.6 Å². The molecule has 0 N–H and O–H groups in total. The van der Waals surface area contributed by atoms with E-state index in [1.807, 2.05) is 6.07 Å². The smallest absolute Gasteiger partial charge is 0.258 e. The molecule has 3 aromatic rings. The van der Waals surface area contributed by atoms with Gasteiger partial charge >= 0.3 is 0 Å². The van der Waals surface area contributed by atoms with Crippen molar-refractivity contribution in [3.63, 3.8) is 0 Å². The van der Waals surface area contributed by atoms with E-state index in [-0.39, 0.29) is 5.69 Å². The molecule has 0 saturated heterocycles. The largest absolute Gasteiger partial charge is 0.271 e. The van der Waals surface area contributed by atoms with E-state index in [9.17, 15) is 10.1 Å². The van der Waals surface area contributed by atoms with Crippen molar-refractivity contribution in [2.24, 2.45) is 0 Å². The molecule has 22 heavy (non-hydrogen) atoms. The third-order valence-electron chi connectivity index (χ3n) is 3.00. The van der Waals surface area contributed by atoms with Crippen molar-refractivity contribution >= 4 is 28.9 Å². The molecule has 110 valence electrons. The fourth-order valence-corrected chi connectivity index (χ4v) is 2.41. The predicted octanol–water partition coefficient (Wildman–Crippen LogP) is 4.15. The van der Waals surface area contributed by atoms with E-state index < -0.39 is 4.92 Å². The Hall–Kier alpha value is -2.44. The van der Waals surface area contributed by atoms with Crippen LogP contribution in [0.25, 0.3) is 17.1 Å². The molecule has 8 heteroatoms. The maximum absolute atomic E-state index is 10.9. The van der Waals surface area contributed by atoms with Crippen LogP contribution in [0.3, 0.4) is 0 Å². The van der Waals surface area contributed by atoms with Crippen molar-refractivity contribution in [1.82, 2.24) is 14.8 Å². The Bertz CT molecular complexity index is 864. The summed E-state index contributed by atoms with van der Waals surface area (Å²) in [6, 6.07) is 11.2. The molecule has 0 amide bonds. The van der Waals surface area contributed by atoms with Crippen molar-refractivity contribution in [1.29, 1.82) is 0 Å². The average molecular weight is 335 g/mol. The summed E-state index contributed by atoms with van der Waals surface area (Å²) in [6.45, 7) is 0. The Balaban J connectivity index is 2.17. The molecule has 2 aromatic carbocycles. The molecule has 0 aliphatic heterocycles. The standard InChI is InChI=1S/C14H8Cl2N4O2/c15-10-3-1-2-9(6-10)14-17-8-18-19(14)13-7-11(20(21)22)4-5-12(13)16/h1-8H. The predicted molar refractivity (Wildman–Crippen MR) is 83.5 cm³/mol. The van der Waals surface area contributed by atoms with Gasteiger partial charge in [-0.15, -0.1) is 0 Å². The second-order valence-corrected chi connectivity index (χ2v) is 5.24. The Morgan fingerprint density at radius 3 is 2.68 bits per heavy atom. The summed E-state index contributed by atoms with van der Waals surface area (Å²) >= 11 is 12.1. The first-order valence-corrected chi connectivity index (χ1v) is 6.92. The lowest BCUT2D eigenvalue weighted by Gasteiger charge is -2.08. The number of aromatic nitrogens is 3. The van der Waals surface area contributed by atoms with Crippen LogP contribution >= 0.6 is 23.2 Å². The molecule has 0 aliphatic rings. The lowest BCUT2D eigenvalue weighted by atomic mass is 10.2. The van der Waals surface area contributed by atoms with Crippen LogP contribution in [0, 0.1) is 10.1 Å². The minimum atomic E-state index is -0.490. The summed E-state index contributed by atoms with van der Waals surface area (Å²) in [7, 11) is 0. The fourth-order valence-electron chi connectivity index (χ4n) is 2.02. The van der Waals surface area contributed by atoms with Crippen LogP contribution in [-0.4, -0.2) is 19.7 Å². The van der Waals surface area contributed by atoms with Crippen molar-refractivity contribution in [3.8, 4) is 17.1 Å². The number of nitro benzene ring substituents is 1. The van der Waals surface area contributed by atoms with Crippen LogP contribution in [-0.2, 0) is 0 Å². The van der Waals surface area contributed by atoms with E-state index in [1.54, 1.807) is 18.2 Å². The number of hydrogen-bond acceptors (Lipinski definition) is 4. The van der Waals surface area contributed by atoms with Gasteiger partial charge in [0.25, 0.3) is 5.69 Å². The highest BCUT2D eigenvalue weighted by Crippen LogP contribution is 2.29. The van der Waals surface area contributed by atoms with E-state index in [2.05, 4.69) is 10.1 Å². The fraction of sp³-hybridized carbons (Fsp3) is 0. The molecule has 0 fully saturated rings. The van der Waals surface area contributed by atoms with Crippen molar-refractivity contribution in [3.05, 3.63) is 69.0 Å². The van der Waals surface area contributed by atoms with E-state index >= 15 is 0 Å². The first-order chi connectivity index (χ1) is 10.6. The summed E-state index contributed by atoms with van der Waals surface area (Å²) in [5, 5.41) is 15.9. The van der Waals surface area contributed by atoms with Crippen molar-refractivity contribution < 1.29 is 4.92 Å². The van der Waals surface area contributed by atoms with Gasteiger partial charge in [0.15, 0.2) is 5.82 Å². The van der Waals surface area contributed by atoms with E-state index in [4.69, 9.17) is 23.2 Å². The highest BCUT2D eigenvalue weighted by atomic mass is 35.5. The Morgan fingerprint density at radius 1 is 1.14 bits per heavy atom. The molecule has 1 heterocycles. The van der Waals surface area contributed by atoms with Crippen molar-refractivity contribution in [2.75, 3.05) is 0 Å². The highest BCUT2D eigenvalue weighted by molar-refractivity contribution is 6.32.